The number of amides is 1. The number of H-pyrrole nitrogens is 1. The molecule has 63 nitrogen and oxygen atoms in total. The van der Waals surface area contributed by atoms with E-state index in [1.54, 1.807) is 33.6 Å². The van der Waals surface area contributed by atoms with Crippen LogP contribution in [0.1, 0.15) is 45.1 Å². The van der Waals surface area contributed by atoms with Gasteiger partial charge in [0, 0.05) is 56.0 Å². The van der Waals surface area contributed by atoms with Crippen molar-refractivity contribution < 1.29 is 228 Å². The molecule has 0 aromatic carbocycles. The Bertz CT molecular complexity index is 5520. The first-order valence-corrected chi connectivity index (χ1v) is 64.6. The van der Waals surface area contributed by atoms with Crippen molar-refractivity contribution >= 4 is 226 Å². The lowest BCUT2D eigenvalue weighted by molar-refractivity contribution is -0.119. The molecule has 1 amide bonds. The number of aromatic amines is 1. The van der Waals surface area contributed by atoms with Crippen molar-refractivity contribution in [1.82, 2.24) is 44.2 Å². The number of phosphoric acid groups is 12. The molecule has 4 fully saturated rings. The number of nitrogens with two attached hydrogens (primary N) is 3. The third-order valence-electron chi connectivity index (χ3n) is 16.3. The Morgan fingerprint density at radius 1 is 0.470 bits per heavy atom. The summed E-state index contributed by atoms with van der Waals surface area (Å²) in [6.45, 7) is 6.49. The van der Waals surface area contributed by atoms with Crippen LogP contribution in [0.15, 0.2) is 89.5 Å². The van der Waals surface area contributed by atoms with Gasteiger partial charge in [-0.3, -0.25) is 37.2 Å². The van der Waals surface area contributed by atoms with Crippen LogP contribution < -0.4 is 28.1 Å². The lowest BCUT2D eigenvalue weighted by Crippen LogP contribution is -2.42. The Hall–Kier alpha value is -1.74. The number of hydrogen-bond donors (Lipinski definition) is 21. The topological polar surface area (TPSA) is 921 Å². The molecule has 6 aliphatic heterocycles. The lowest BCUT2D eigenvalue weighted by Gasteiger charge is -2.32. The van der Waals surface area contributed by atoms with Gasteiger partial charge in [0.25, 0.3) is 11.5 Å². The number of anilines is 2. The molecule has 0 aliphatic carbocycles. The van der Waals surface area contributed by atoms with Gasteiger partial charge in [-0.05, 0) is 50.2 Å². The van der Waals surface area contributed by atoms with E-state index in [9.17, 15) is 104 Å². The minimum Gasteiger partial charge on any atom is -0.397 e. The zero-order valence-electron chi connectivity index (χ0n) is 68.4. The van der Waals surface area contributed by atoms with E-state index >= 15 is 0 Å². The number of nitrogens with one attached hydrogen (secondary N) is 2. The van der Waals surface area contributed by atoms with Gasteiger partial charge in [0.2, 0.25) is 5.95 Å². The highest BCUT2D eigenvalue weighted by atomic mass is 33.1. The molecule has 0 spiro atoms. The number of pyridine rings is 1. The van der Waals surface area contributed by atoms with E-state index in [1.807, 2.05) is 25.0 Å². The summed E-state index contributed by atoms with van der Waals surface area (Å²) in [5.41, 5.74) is 18.6. The van der Waals surface area contributed by atoms with Crippen molar-refractivity contribution in [3.63, 3.8) is 0 Å². The molecule has 8 unspecified atom stereocenters. The SMILES string of the molecule is C=C1N=C(N)C=CN1[C@H]1C[C@H](OCSSC)[C@@H](COP(=O)(O)OP(=O)(O)OP(=O)(O)O)O1.C=C1NC(=O)C(C)=CN1[C@H]1C[C@H](OCSSC)[C@@H](COP(=O)(O)OP(=O)(O)OP(=O)(O)O)O1.CSSCO[C@H]1C[C@H](n2ccc3c(=O)[nH]c(N)nc32)O[C@@H]1COP(=O)(O)OP(=O)(O)OP(=O)(O)O.CSSCO[C@H]1C[C@H](n2cnc3c(N)ccnc32)O[C@@H]1COP(=O)(O)OP(=O)(O)OP(=O)(O)O. The predicted molar refractivity (Wildman–Crippen MR) is 478 cm³/mol. The monoisotopic (exact) mass is 2310 g/mol. The summed E-state index contributed by atoms with van der Waals surface area (Å²) < 4.78 is 235. The van der Waals surface area contributed by atoms with Gasteiger partial charge in [-0.25, -0.2) is 69.7 Å². The van der Waals surface area contributed by atoms with Crippen LogP contribution in [0.2, 0.25) is 0 Å². The number of rotatable bonds is 48. The normalized spacial score (nSPS) is 26.1. The molecule has 10 rings (SSSR count). The second-order valence-electron chi connectivity index (χ2n) is 25.9. The van der Waals surface area contributed by atoms with E-state index in [0.29, 0.717) is 28.2 Å². The standard InChI is InChI=1S/C13H21N4O13P3S2.C13H21N4O12P3S2.C13H23N2O13P3S2.C12H22N3O12P3S2/c1-34-35-6-26-8-4-10(17-3-2-7-11(17)15-13(14)16-12(7)18)28-9(8)5-27-32(22,23)30-33(24,25)29-31(19,20)21;1-33-34-7-25-9-4-11(17-6-16-12-8(14)2-3-15-13(12)17)27-10(9)5-26-31(21,22)29-32(23,24)28-30(18,19)20;1-8-5-15(9(2)14-13(8)16)12-4-10(24-7-33-32-3)11(26-12)6-25-30(20,21)28-31(22,23)27-29(17,18)19;1-8-14-11(13)3-4-15(8)12-5-9(23-7-32-31-2)10(25-12)6-24-29(19,20)27-30(21,22)26-28(16,17)18/h2-3,8-10H,4-6H2,1H3,(H,22,23)(H,24,25)(H2,19,20,21)(H3,14,15,16,18);2-3,6,9-11H,4-5,7H2,1H3,(H2,14,15)(H,21,22)(H,23,24)(H2,18,19,20);5,10-12H,2,4,6-7H2,1,3H3,(H,14,16)(H,20,21)(H,22,23)(H2,17,18,19);3-4,9-10,12H,1,5-7H2,2H3,(H2,13,14)(H,19,20)(H,21,22)(H2,16,17,18)/t8-,9+,10+;9-,10+,11+;10-,11+,12+;9-,10+,12+/m0000/s1. The Morgan fingerprint density at radius 3 is 1.18 bits per heavy atom. The van der Waals surface area contributed by atoms with Crippen LogP contribution >= 0.6 is 180 Å². The lowest BCUT2D eigenvalue weighted by atomic mass is 10.1. The number of nitrogens with zero attached hydrogens (tertiary/aromatic N) is 8. The number of imidazole rings is 1. The third kappa shape index (κ3) is 40.7. The highest BCUT2D eigenvalue weighted by Gasteiger charge is 2.50. The first kappa shape index (κ1) is 119. The fourth-order valence-electron chi connectivity index (χ4n) is 11.4. The van der Waals surface area contributed by atoms with Crippen LogP contribution in [0, 0.1) is 0 Å². The number of ether oxygens (including phenoxy) is 8. The molecule has 24 N–H and O–H groups in total. The summed E-state index contributed by atoms with van der Waals surface area (Å²) in [5, 5.41) is 2.81. The summed E-state index contributed by atoms with van der Waals surface area (Å²) >= 11 is 0. The molecule has 134 heavy (non-hydrogen) atoms. The molecule has 6 aliphatic rings. The second kappa shape index (κ2) is 51.4. The average Bonchev–Trinajstić information content (AvgIpc) is 1.50. The smallest absolute Gasteiger partial charge is 0.397 e. The summed E-state index contributed by atoms with van der Waals surface area (Å²) in [5.74, 6) is 1.29. The molecule has 0 radical (unpaired) electrons. The third-order valence-corrected chi connectivity index (χ3v) is 37.4. The van der Waals surface area contributed by atoms with E-state index < -0.39 is 200 Å². The number of amidine groups is 1. The molecule has 4 saturated heterocycles. The summed E-state index contributed by atoms with van der Waals surface area (Å²) in [6.07, 6.45) is 8.19. The molecule has 10 heterocycles. The molecule has 0 saturated carbocycles. The van der Waals surface area contributed by atoms with Crippen molar-refractivity contribution in [2.75, 3.05) is 86.7 Å². The number of aliphatic imine (C=N–C) groups is 1. The average molecular weight is 2310 g/mol. The fraction of sp³-hybridized carbons (Fsp3) is 0.569. The summed E-state index contributed by atoms with van der Waals surface area (Å²) in [4.78, 5) is 191. The van der Waals surface area contributed by atoms with Gasteiger partial charge in [0.1, 0.15) is 96.1 Å². The molecule has 4 aromatic rings. The Morgan fingerprint density at radius 2 is 0.821 bits per heavy atom. The maximum atomic E-state index is 12.1. The van der Waals surface area contributed by atoms with E-state index in [-0.39, 0.29) is 84.0 Å². The Labute approximate surface area is 786 Å². The highest BCUT2D eigenvalue weighted by molar-refractivity contribution is 8.77. The van der Waals surface area contributed by atoms with Crippen molar-refractivity contribution in [1.29, 1.82) is 0 Å². The van der Waals surface area contributed by atoms with Crippen LogP contribution in [0.25, 0.3) is 22.2 Å². The van der Waals surface area contributed by atoms with Gasteiger partial charge in [0.15, 0.2) is 11.3 Å². The van der Waals surface area contributed by atoms with E-state index in [4.69, 9.17) is 103 Å². The first-order valence-electron chi connectivity index (χ1n) is 35.6. The van der Waals surface area contributed by atoms with Crippen LogP contribution in [-0.4, -0.2) is 265 Å². The van der Waals surface area contributed by atoms with Gasteiger partial charge >= 0.3 is 93.9 Å². The minimum absolute atomic E-state index is 0.117. The van der Waals surface area contributed by atoms with E-state index in [2.05, 4.69) is 86.9 Å². The van der Waals surface area contributed by atoms with Crippen molar-refractivity contribution in [3.05, 3.63) is 90.1 Å². The number of hydrogen-bond acceptors (Lipinski definition) is 51. The first-order chi connectivity index (χ1) is 61.8. The van der Waals surface area contributed by atoms with Crippen molar-refractivity contribution in [2.24, 2.45) is 10.7 Å². The van der Waals surface area contributed by atoms with Gasteiger partial charge in [-0.2, -0.15) is 39.5 Å². The molecule has 4 aromatic heterocycles. The number of fused-ring (bicyclic) bond motifs is 2. The Kier molecular flexibility index (Phi) is 45.7. The highest BCUT2D eigenvalue weighted by Crippen LogP contribution is 2.70. The van der Waals surface area contributed by atoms with Gasteiger partial charge in [0.05, 0.1) is 68.2 Å². The maximum absolute atomic E-state index is 12.1. The van der Waals surface area contributed by atoms with E-state index in [0.717, 1.165) is 0 Å². The molecular formula is C51H87N13O50P12S8. The largest absolute Gasteiger partial charge is 0.490 e. The van der Waals surface area contributed by atoms with Crippen molar-refractivity contribution in [3.8, 4) is 0 Å². The van der Waals surface area contributed by atoms with Gasteiger partial charge in [-0.15, -0.1) is 0 Å². The quantitative estimate of drug-likeness (QED) is 0.00990. The Balaban J connectivity index is 0.000000244. The molecule has 83 heteroatoms. The molecular weight excluding hydrogens is 2220 g/mol. The maximum Gasteiger partial charge on any atom is 0.490 e. The zero-order chi connectivity index (χ0) is 100. The summed E-state index contributed by atoms with van der Waals surface area (Å²) in [7, 11) is -54.5. The number of carbonyl (C=O) groups is 1. The molecule has 0 bridgehead atoms. The van der Waals surface area contributed by atoms with Crippen LogP contribution in [0.5, 0.6) is 0 Å². The second-order valence-corrected chi connectivity index (χ2v) is 53.6. The predicted octanol–water partition coefficient (Wildman–Crippen LogP) is 6.35. The van der Waals surface area contributed by atoms with E-state index in [1.165, 1.54) is 128 Å². The minimum atomic E-state index is -5.66. The summed E-state index contributed by atoms with van der Waals surface area (Å²) in [6, 6.07) is 3.09. The van der Waals surface area contributed by atoms with Crippen LogP contribution in [0.3, 0.4) is 0 Å². The van der Waals surface area contributed by atoms with Crippen LogP contribution in [0.4, 0.5) is 11.6 Å². The fourth-order valence-corrected chi connectivity index (χ4v) is 26.7. The molecule has 20 atom stereocenters. The number of nitrogen functional groups attached to an aromatic ring is 2. The zero-order valence-corrected chi connectivity index (χ0v) is 85.7. The number of phosphoric ester groups is 4. The van der Waals surface area contributed by atoms with Gasteiger partial charge in [-0.1, -0.05) is 99.5 Å². The van der Waals surface area contributed by atoms with Crippen molar-refractivity contribution in [2.45, 2.75) is 106 Å². The number of aromatic nitrogens is 6. The molecule has 764 valence electrons. The van der Waals surface area contributed by atoms with Gasteiger partial charge < -0.3 is 153 Å². The number of carbonyl (C=O) groups excluding carboxylic acids is 1. The van der Waals surface area contributed by atoms with Crippen LogP contribution in [-0.2, 0) is 150 Å².